The van der Waals surface area contributed by atoms with Gasteiger partial charge in [-0.05, 0) is 29.8 Å². The van der Waals surface area contributed by atoms with E-state index < -0.39 is 17.9 Å². The van der Waals surface area contributed by atoms with Crippen molar-refractivity contribution in [2.75, 3.05) is 12.4 Å². The van der Waals surface area contributed by atoms with Gasteiger partial charge in [0.05, 0.1) is 12.1 Å². The maximum atomic E-state index is 13.2. The predicted octanol–water partition coefficient (Wildman–Crippen LogP) is 3.06. The van der Waals surface area contributed by atoms with Gasteiger partial charge in [0.25, 0.3) is 0 Å². The highest BCUT2D eigenvalue weighted by Gasteiger charge is 2.16. The van der Waals surface area contributed by atoms with Gasteiger partial charge in [-0.3, -0.25) is 10.3 Å². The number of urea groups is 1. The average molecular weight is 472 g/mol. The molecule has 3 amide bonds. The number of H-pyrrole nitrogens is 1. The van der Waals surface area contributed by atoms with Gasteiger partial charge in [0.15, 0.2) is 11.4 Å². The molecule has 4 rings (SSSR count). The molecular formula is C20H17FN6O5S. The van der Waals surface area contributed by atoms with Gasteiger partial charge >= 0.3 is 17.9 Å². The lowest BCUT2D eigenvalue weighted by Gasteiger charge is -2.14. The largest absolute Gasteiger partial charge is 0.417 e. The van der Waals surface area contributed by atoms with E-state index in [2.05, 4.69) is 25.0 Å². The van der Waals surface area contributed by atoms with Crippen LogP contribution in [0.5, 0.6) is 5.75 Å². The number of fused-ring (bicyclic) bond motifs is 1. The Bertz CT molecular complexity index is 1370. The van der Waals surface area contributed by atoms with Crippen LogP contribution in [-0.4, -0.2) is 38.4 Å². The Morgan fingerprint density at radius 3 is 2.94 bits per heavy atom. The summed E-state index contributed by atoms with van der Waals surface area (Å²) in [5.74, 6) is -0.493. The maximum Gasteiger partial charge on any atom is 0.417 e. The number of ether oxygens (including phenoxy) is 1. The number of nitrogens with one attached hydrogen (secondary N) is 3. The van der Waals surface area contributed by atoms with Gasteiger partial charge in [-0.25, -0.2) is 23.8 Å². The molecule has 0 aliphatic rings. The fourth-order valence-corrected chi connectivity index (χ4v) is 3.36. The Balaban J connectivity index is 1.28. The van der Waals surface area contributed by atoms with E-state index in [1.165, 1.54) is 36.2 Å². The molecule has 0 fully saturated rings. The van der Waals surface area contributed by atoms with Crippen LogP contribution in [0.1, 0.15) is 11.4 Å². The van der Waals surface area contributed by atoms with Crippen LogP contribution >= 0.6 is 11.5 Å². The maximum absolute atomic E-state index is 13.2. The molecular weight excluding hydrogens is 455 g/mol. The quantitative estimate of drug-likeness (QED) is 0.391. The second-order valence-electron chi connectivity index (χ2n) is 6.85. The lowest BCUT2D eigenvalue weighted by atomic mass is 10.2. The molecule has 11 nitrogen and oxygen atoms in total. The minimum Gasteiger partial charge on any atom is -0.410 e. The number of aromatic nitrogens is 3. The van der Waals surface area contributed by atoms with Gasteiger partial charge in [0.1, 0.15) is 11.6 Å². The number of oxazole rings is 1. The third kappa shape index (κ3) is 5.71. The molecule has 0 atom stereocenters. The Morgan fingerprint density at radius 1 is 1.27 bits per heavy atom. The lowest BCUT2D eigenvalue weighted by Crippen LogP contribution is -2.30. The fraction of sp³-hybridized carbons (Fsp3) is 0.150. The number of amides is 3. The minimum absolute atomic E-state index is 0.0312. The van der Waals surface area contributed by atoms with Crippen molar-refractivity contribution >= 4 is 39.9 Å². The van der Waals surface area contributed by atoms with Gasteiger partial charge in [-0.1, -0.05) is 12.1 Å². The zero-order valence-corrected chi connectivity index (χ0v) is 17.9. The number of anilines is 1. The number of aromatic amines is 1. The monoisotopic (exact) mass is 472 g/mol. The summed E-state index contributed by atoms with van der Waals surface area (Å²) in [4.78, 5) is 43.5. The van der Waals surface area contributed by atoms with Crippen molar-refractivity contribution in [2.24, 2.45) is 0 Å². The Morgan fingerprint density at radius 2 is 2.12 bits per heavy atom. The van der Waals surface area contributed by atoms with Crippen LogP contribution in [0.3, 0.4) is 0 Å². The molecule has 2 aromatic carbocycles. The topological polar surface area (TPSA) is 142 Å². The highest BCUT2D eigenvalue weighted by Crippen LogP contribution is 2.19. The van der Waals surface area contributed by atoms with E-state index in [9.17, 15) is 18.8 Å². The van der Waals surface area contributed by atoms with E-state index >= 15 is 0 Å². The van der Waals surface area contributed by atoms with Crippen molar-refractivity contribution in [2.45, 2.75) is 13.1 Å². The molecule has 170 valence electrons. The lowest BCUT2D eigenvalue weighted by molar-refractivity contribution is 0.160. The van der Waals surface area contributed by atoms with Gasteiger partial charge in [-0.2, -0.15) is 4.37 Å². The first-order valence-corrected chi connectivity index (χ1v) is 10.3. The third-order valence-electron chi connectivity index (χ3n) is 4.32. The number of benzene rings is 2. The molecule has 0 saturated heterocycles. The summed E-state index contributed by atoms with van der Waals surface area (Å²) in [5.41, 5.74) is 1.36. The molecule has 4 aromatic rings. The van der Waals surface area contributed by atoms with Crippen molar-refractivity contribution in [3.8, 4) is 5.75 Å². The van der Waals surface area contributed by atoms with Crippen LogP contribution in [0, 0.1) is 5.82 Å². The van der Waals surface area contributed by atoms with Crippen LogP contribution in [0.25, 0.3) is 11.1 Å². The van der Waals surface area contributed by atoms with Crippen molar-refractivity contribution < 1.29 is 23.1 Å². The second-order valence-corrected chi connectivity index (χ2v) is 7.60. The van der Waals surface area contributed by atoms with E-state index in [0.717, 1.165) is 11.5 Å². The van der Waals surface area contributed by atoms with E-state index in [0.29, 0.717) is 16.9 Å². The van der Waals surface area contributed by atoms with Gasteiger partial charge in [-0.15, -0.1) is 0 Å². The van der Waals surface area contributed by atoms with E-state index in [1.54, 1.807) is 18.2 Å². The fourth-order valence-electron chi connectivity index (χ4n) is 2.78. The molecule has 0 radical (unpaired) electrons. The van der Waals surface area contributed by atoms with Crippen molar-refractivity contribution in [1.82, 2.24) is 24.6 Å². The highest BCUT2D eigenvalue weighted by molar-refractivity contribution is 7.09. The SMILES string of the molecule is CN(Cc1nsc(NC(=O)NCc2cccc(F)c2)n1)C(=O)Oc1ccc2[nH]c(=O)oc2c1. The Hall–Kier alpha value is -4.26. The highest BCUT2D eigenvalue weighted by atomic mass is 32.1. The van der Waals surface area contributed by atoms with Crippen LogP contribution in [-0.2, 0) is 13.1 Å². The molecule has 13 heteroatoms. The Labute approximate surface area is 189 Å². The smallest absolute Gasteiger partial charge is 0.410 e. The molecule has 0 aliphatic carbocycles. The summed E-state index contributed by atoms with van der Waals surface area (Å²) in [5, 5.41) is 5.36. The van der Waals surface area contributed by atoms with Crippen LogP contribution < -0.4 is 21.1 Å². The van der Waals surface area contributed by atoms with Gasteiger partial charge in [0.2, 0.25) is 5.13 Å². The molecule has 0 bridgehead atoms. The Kier molecular flexibility index (Phi) is 6.31. The molecule has 2 heterocycles. The molecule has 0 saturated carbocycles. The minimum atomic E-state index is -0.677. The molecule has 0 spiro atoms. The summed E-state index contributed by atoms with van der Waals surface area (Å²) in [6.07, 6.45) is -0.677. The normalized spacial score (nSPS) is 10.7. The molecule has 33 heavy (non-hydrogen) atoms. The average Bonchev–Trinajstić information content (AvgIpc) is 3.36. The first kappa shape index (κ1) is 22.0. The van der Waals surface area contributed by atoms with E-state index in [-0.39, 0.29) is 35.4 Å². The van der Waals surface area contributed by atoms with Crippen molar-refractivity contribution in [3.63, 3.8) is 0 Å². The molecule has 3 N–H and O–H groups in total. The third-order valence-corrected chi connectivity index (χ3v) is 4.99. The number of carbonyl (C=O) groups is 2. The number of nitrogens with zero attached hydrogens (tertiary/aromatic N) is 3. The van der Waals surface area contributed by atoms with Crippen molar-refractivity contribution in [3.05, 3.63) is 70.2 Å². The van der Waals surface area contributed by atoms with E-state index in [4.69, 9.17) is 9.15 Å². The number of rotatable bonds is 6. The number of carbonyl (C=O) groups excluding carboxylic acids is 2. The zero-order chi connectivity index (χ0) is 23.4. The van der Waals surface area contributed by atoms with Crippen LogP contribution in [0.15, 0.2) is 51.7 Å². The summed E-state index contributed by atoms with van der Waals surface area (Å²) in [7, 11) is 1.50. The zero-order valence-electron chi connectivity index (χ0n) is 17.1. The van der Waals surface area contributed by atoms with Gasteiger partial charge < -0.3 is 19.4 Å². The van der Waals surface area contributed by atoms with Gasteiger partial charge in [0, 0.05) is 31.2 Å². The number of halogens is 1. The molecule has 2 aromatic heterocycles. The summed E-state index contributed by atoms with van der Waals surface area (Å²) >= 11 is 0.946. The first-order valence-electron chi connectivity index (χ1n) is 9.53. The standard InChI is InChI=1S/C20H17FN6O5S/c1-27(20(30)31-13-5-6-14-15(8-13)32-19(29)23-14)10-16-24-18(33-26-16)25-17(28)22-9-11-3-2-4-12(21)7-11/h2-8H,9-10H2,1H3,(H,23,29)(H2,22,24,25,26,28). The van der Waals surface area contributed by atoms with Crippen molar-refractivity contribution in [1.29, 1.82) is 0 Å². The number of hydrogen-bond acceptors (Lipinski definition) is 8. The number of hydrogen-bond donors (Lipinski definition) is 3. The summed E-state index contributed by atoms with van der Waals surface area (Å²) in [6.45, 7) is 0.172. The summed E-state index contributed by atoms with van der Waals surface area (Å²) < 4.78 is 27.5. The first-order chi connectivity index (χ1) is 15.9. The van der Waals surface area contributed by atoms with E-state index in [1.807, 2.05) is 0 Å². The van der Waals surface area contributed by atoms with Crippen LogP contribution in [0.4, 0.5) is 19.1 Å². The summed E-state index contributed by atoms with van der Waals surface area (Å²) in [6, 6.07) is 9.86. The predicted molar refractivity (Wildman–Crippen MR) is 116 cm³/mol. The molecule has 0 aliphatic heterocycles. The second kappa shape index (κ2) is 9.48. The molecule has 0 unspecified atom stereocenters. The van der Waals surface area contributed by atoms with Crippen LogP contribution in [0.2, 0.25) is 0 Å².